The molecule has 108 valence electrons. The van der Waals surface area contributed by atoms with Gasteiger partial charge in [0.2, 0.25) is 10.0 Å². The molecule has 1 aromatic carbocycles. The first-order valence-electron chi connectivity index (χ1n) is 6.39. The standard InChI is InChI=1S/C13H21ClN2O2S/c1-4-10(5-2)9(3)16-19(17,18)13-7-6-11(15)8-12(13)14/h6-10,16H,4-5,15H2,1-3H3. The summed E-state index contributed by atoms with van der Waals surface area (Å²) in [6, 6.07) is 4.27. The predicted octanol–water partition coefficient (Wildman–Crippen LogP) is 3.03. The van der Waals surface area contributed by atoms with Crippen LogP contribution in [0.3, 0.4) is 0 Å². The van der Waals surface area contributed by atoms with Gasteiger partial charge in [0.15, 0.2) is 0 Å². The van der Waals surface area contributed by atoms with Gasteiger partial charge >= 0.3 is 0 Å². The lowest BCUT2D eigenvalue weighted by molar-refractivity contribution is 0.391. The summed E-state index contributed by atoms with van der Waals surface area (Å²) in [7, 11) is -3.61. The maximum atomic E-state index is 12.3. The molecular weight excluding hydrogens is 284 g/mol. The fraction of sp³-hybridized carbons (Fsp3) is 0.538. The second-order valence-electron chi connectivity index (χ2n) is 4.68. The lowest BCUT2D eigenvalue weighted by atomic mass is 9.96. The molecule has 0 heterocycles. The molecule has 4 nitrogen and oxygen atoms in total. The van der Waals surface area contributed by atoms with Gasteiger partial charge in [-0.05, 0) is 31.0 Å². The zero-order valence-electron chi connectivity index (χ0n) is 11.5. The number of nitrogens with two attached hydrogens (primary N) is 1. The largest absolute Gasteiger partial charge is 0.399 e. The molecule has 0 saturated heterocycles. The van der Waals surface area contributed by atoms with Crippen LogP contribution in [0, 0.1) is 5.92 Å². The van der Waals surface area contributed by atoms with Crippen LogP contribution in [0.4, 0.5) is 5.69 Å². The minimum Gasteiger partial charge on any atom is -0.399 e. The average molecular weight is 305 g/mol. The molecule has 0 aliphatic carbocycles. The Kier molecular flexibility index (Phi) is 5.64. The highest BCUT2D eigenvalue weighted by molar-refractivity contribution is 7.89. The molecule has 0 radical (unpaired) electrons. The SMILES string of the molecule is CCC(CC)C(C)NS(=O)(=O)c1ccc(N)cc1Cl. The van der Waals surface area contributed by atoms with Crippen molar-refractivity contribution in [2.24, 2.45) is 5.92 Å². The summed E-state index contributed by atoms with van der Waals surface area (Å²) in [4.78, 5) is 0.0705. The average Bonchev–Trinajstić information content (AvgIpc) is 2.29. The summed E-state index contributed by atoms with van der Waals surface area (Å²) >= 11 is 5.95. The van der Waals surface area contributed by atoms with Crippen LogP contribution in [0.15, 0.2) is 23.1 Å². The van der Waals surface area contributed by atoms with Crippen LogP contribution in [-0.4, -0.2) is 14.5 Å². The lowest BCUT2D eigenvalue weighted by Gasteiger charge is -2.22. The van der Waals surface area contributed by atoms with E-state index >= 15 is 0 Å². The molecule has 0 aliphatic rings. The van der Waals surface area contributed by atoms with Gasteiger partial charge in [-0.25, -0.2) is 13.1 Å². The van der Waals surface area contributed by atoms with E-state index < -0.39 is 10.0 Å². The number of nitrogen functional groups attached to an aromatic ring is 1. The zero-order valence-corrected chi connectivity index (χ0v) is 13.1. The summed E-state index contributed by atoms with van der Waals surface area (Å²) in [5.74, 6) is 0.308. The normalized spacial score (nSPS) is 13.7. The van der Waals surface area contributed by atoms with E-state index in [0.717, 1.165) is 12.8 Å². The Morgan fingerprint density at radius 1 is 1.32 bits per heavy atom. The van der Waals surface area contributed by atoms with E-state index in [2.05, 4.69) is 18.6 Å². The third-order valence-corrected chi connectivity index (χ3v) is 5.38. The quantitative estimate of drug-likeness (QED) is 0.793. The fourth-order valence-corrected chi connectivity index (χ4v) is 4.00. The molecule has 0 aromatic heterocycles. The van der Waals surface area contributed by atoms with Gasteiger partial charge in [-0.2, -0.15) is 0 Å². The van der Waals surface area contributed by atoms with Gasteiger partial charge in [-0.15, -0.1) is 0 Å². The summed E-state index contributed by atoms with van der Waals surface area (Å²) in [6.45, 7) is 5.98. The number of hydrogen-bond donors (Lipinski definition) is 2. The Morgan fingerprint density at radius 2 is 1.89 bits per heavy atom. The van der Waals surface area contributed by atoms with Crippen molar-refractivity contribution >= 4 is 27.3 Å². The molecule has 0 fully saturated rings. The maximum absolute atomic E-state index is 12.3. The van der Waals surface area contributed by atoms with E-state index in [1.807, 2.05) is 6.92 Å². The summed E-state index contributed by atoms with van der Waals surface area (Å²) in [6.07, 6.45) is 1.85. The fourth-order valence-electron chi connectivity index (χ4n) is 2.14. The molecule has 0 amide bonds. The number of hydrogen-bond acceptors (Lipinski definition) is 3. The third kappa shape index (κ3) is 4.09. The molecule has 1 aromatic rings. The number of halogens is 1. The van der Waals surface area contributed by atoms with Gasteiger partial charge in [-0.3, -0.25) is 0 Å². The molecule has 0 spiro atoms. The first-order valence-corrected chi connectivity index (χ1v) is 8.25. The topological polar surface area (TPSA) is 72.2 Å². The van der Waals surface area contributed by atoms with Crippen molar-refractivity contribution in [1.82, 2.24) is 4.72 Å². The number of anilines is 1. The van der Waals surface area contributed by atoms with Crippen molar-refractivity contribution in [1.29, 1.82) is 0 Å². The molecule has 6 heteroatoms. The minimum atomic E-state index is -3.61. The van der Waals surface area contributed by atoms with Gasteiger partial charge < -0.3 is 5.73 Å². The van der Waals surface area contributed by atoms with Crippen LogP contribution < -0.4 is 10.5 Å². The van der Waals surface area contributed by atoms with E-state index in [1.165, 1.54) is 18.2 Å². The van der Waals surface area contributed by atoms with Crippen LogP contribution in [0.2, 0.25) is 5.02 Å². The lowest BCUT2D eigenvalue weighted by Crippen LogP contribution is -2.37. The summed E-state index contributed by atoms with van der Waals surface area (Å²) in [5.41, 5.74) is 6.01. The highest BCUT2D eigenvalue weighted by atomic mass is 35.5. The Bertz CT molecular complexity index is 527. The number of sulfonamides is 1. The molecule has 1 rings (SSSR count). The molecule has 0 saturated carbocycles. The Balaban J connectivity index is 2.98. The Morgan fingerprint density at radius 3 is 2.37 bits per heavy atom. The first kappa shape index (κ1) is 16.3. The molecule has 1 unspecified atom stereocenters. The molecule has 19 heavy (non-hydrogen) atoms. The number of nitrogens with one attached hydrogen (secondary N) is 1. The number of benzene rings is 1. The van der Waals surface area contributed by atoms with Crippen molar-refractivity contribution in [2.45, 2.75) is 44.6 Å². The van der Waals surface area contributed by atoms with Crippen molar-refractivity contribution in [3.63, 3.8) is 0 Å². The van der Waals surface area contributed by atoms with E-state index in [4.69, 9.17) is 17.3 Å². The highest BCUT2D eigenvalue weighted by Gasteiger charge is 2.23. The molecule has 1 atom stereocenters. The maximum Gasteiger partial charge on any atom is 0.242 e. The van der Waals surface area contributed by atoms with Gasteiger partial charge in [0, 0.05) is 11.7 Å². The van der Waals surface area contributed by atoms with Crippen molar-refractivity contribution in [3.05, 3.63) is 23.2 Å². The minimum absolute atomic E-state index is 0.0705. The predicted molar refractivity (Wildman–Crippen MR) is 79.7 cm³/mol. The summed E-state index contributed by atoms with van der Waals surface area (Å²) in [5, 5.41) is 0.143. The van der Waals surface area contributed by atoms with Gasteiger partial charge in [0.1, 0.15) is 4.90 Å². The molecule has 0 aliphatic heterocycles. The monoisotopic (exact) mass is 304 g/mol. The van der Waals surface area contributed by atoms with Crippen LogP contribution in [0.5, 0.6) is 0 Å². The van der Waals surface area contributed by atoms with Crippen molar-refractivity contribution in [2.75, 3.05) is 5.73 Å². The second kappa shape index (κ2) is 6.59. The van der Waals surface area contributed by atoms with Gasteiger partial charge in [-0.1, -0.05) is 38.3 Å². The van der Waals surface area contributed by atoms with E-state index in [0.29, 0.717) is 11.6 Å². The van der Waals surface area contributed by atoms with E-state index in [9.17, 15) is 8.42 Å². The smallest absolute Gasteiger partial charge is 0.242 e. The van der Waals surface area contributed by atoms with Crippen LogP contribution in [0.1, 0.15) is 33.6 Å². The number of rotatable bonds is 6. The Labute approximate surface area is 120 Å². The van der Waals surface area contributed by atoms with E-state index in [1.54, 1.807) is 0 Å². The zero-order chi connectivity index (χ0) is 14.6. The van der Waals surface area contributed by atoms with Crippen LogP contribution in [0.25, 0.3) is 0 Å². The van der Waals surface area contributed by atoms with Crippen LogP contribution in [-0.2, 0) is 10.0 Å². The van der Waals surface area contributed by atoms with Crippen LogP contribution >= 0.6 is 11.6 Å². The Hall–Kier alpha value is -0.780. The molecule has 0 bridgehead atoms. The van der Waals surface area contributed by atoms with E-state index in [-0.39, 0.29) is 16.0 Å². The molecular formula is C13H21ClN2O2S. The summed E-state index contributed by atoms with van der Waals surface area (Å²) < 4.78 is 27.2. The van der Waals surface area contributed by atoms with Crippen molar-refractivity contribution in [3.8, 4) is 0 Å². The molecule has 3 N–H and O–H groups in total. The van der Waals surface area contributed by atoms with Gasteiger partial charge in [0.25, 0.3) is 0 Å². The van der Waals surface area contributed by atoms with Crippen molar-refractivity contribution < 1.29 is 8.42 Å². The first-order chi connectivity index (χ1) is 8.81. The third-order valence-electron chi connectivity index (χ3n) is 3.34. The highest BCUT2D eigenvalue weighted by Crippen LogP contribution is 2.24. The second-order valence-corrected chi connectivity index (χ2v) is 6.77. The van der Waals surface area contributed by atoms with Gasteiger partial charge in [0.05, 0.1) is 5.02 Å².